The van der Waals surface area contributed by atoms with E-state index >= 15 is 0 Å². The Morgan fingerprint density at radius 2 is 1.71 bits per heavy atom. The molecule has 0 radical (unpaired) electrons. The van der Waals surface area contributed by atoms with Crippen molar-refractivity contribution in [1.29, 1.82) is 0 Å². The Kier molecular flexibility index (Phi) is 6.33. The molecule has 2 rings (SSSR count). The van der Waals surface area contributed by atoms with Crippen molar-refractivity contribution in [3.8, 4) is 0 Å². The molecule has 0 aromatic carbocycles. The molecule has 1 aliphatic heterocycles. The highest BCUT2D eigenvalue weighted by atomic mass is 35.5. The van der Waals surface area contributed by atoms with Gasteiger partial charge in [-0.25, -0.2) is 0 Å². The average molecular weight is 243 g/mol. The van der Waals surface area contributed by atoms with Crippen LogP contribution in [0.2, 0.25) is 0 Å². The van der Waals surface area contributed by atoms with E-state index in [4.69, 9.17) is 10.5 Å². The standard InChI is InChI=1S/C9H18N2O.2ClH/c10-8-9(2-1-3-9)11-4-6-12-7-5-11;;/h1-8,10H2;2*1H. The van der Waals surface area contributed by atoms with Crippen molar-refractivity contribution in [2.24, 2.45) is 5.73 Å². The van der Waals surface area contributed by atoms with Gasteiger partial charge in [-0.15, -0.1) is 24.8 Å². The predicted molar refractivity (Wildman–Crippen MR) is 62.5 cm³/mol. The maximum Gasteiger partial charge on any atom is 0.0594 e. The summed E-state index contributed by atoms with van der Waals surface area (Å²) in [7, 11) is 0. The molecular formula is C9H20Cl2N2O. The molecule has 0 spiro atoms. The summed E-state index contributed by atoms with van der Waals surface area (Å²) < 4.78 is 5.33. The van der Waals surface area contributed by atoms with Gasteiger partial charge in [0.25, 0.3) is 0 Å². The van der Waals surface area contributed by atoms with Crippen LogP contribution in [-0.2, 0) is 4.74 Å². The molecule has 1 aliphatic carbocycles. The lowest BCUT2D eigenvalue weighted by Crippen LogP contribution is -2.61. The van der Waals surface area contributed by atoms with Gasteiger partial charge in [0, 0.05) is 25.2 Å². The quantitative estimate of drug-likeness (QED) is 0.787. The van der Waals surface area contributed by atoms with Gasteiger partial charge >= 0.3 is 0 Å². The van der Waals surface area contributed by atoms with E-state index in [0.29, 0.717) is 5.54 Å². The summed E-state index contributed by atoms with van der Waals surface area (Å²) in [6.45, 7) is 4.77. The van der Waals surface area contributed by atoms with Crippen molar-refractivity contribution in [3.05, 3.63) is 0 Å². The SMILES string of the molecule is Cl.Cl.NCC1(N2CCOCC2)CCC1. The molecule has 0 amide bonds. The van der Waals surface area contributed by atoms with Gasteiger partial charge in [0.2, 0.25) is 0 Å². The number of halogens is 2. The van der Waals surface area contributed by atoms with E-state index < -0.39 is 0 Å². The third kappa shape index (κ3) is 2.52. The zero-order chi connectivity index (χ0) is 8.44. The Labute approximate surface area is 98.2 Å². The van der Waals surface area contributed by atoms with Gasteiger partial charge in [-0.1, -0.05) is 0 Å². The fraction of sp³-hybridized carbons (Fsp3) is 1.00. The second-order valence-electron chi connectivity index (χ2n) is 3.88. The molecule has 2 fully saturated rings. The molecule has 2 aliphatic rings. The van der Waals surface area contributed by atoms with Crippen LogP contribution in [0.15, 0.2) is 0 Å². The molecule has 1 heterocycles. The zero-order valence-electron chi connectivity index (χ0n) is 8.41. The molecule has 1 saturated heterocycles. The molecule has 86 valence electrons. The van der Waals surface area contributed by atoms with Crippen LogP contribution in [0.1, 0.15) is 19.3 Å². The summed E-state index contributed by atoms with van der Waals surface area (Å²) in [4.78, 5) is 2.53. The molecule has 0 bridgehead atoms. The fourth-order valence-electron chi connectivity index (χ4n) is 2.27. The minimum atomic E-state index is 0. The number of nitrogens with two attached hydrogens (primary N) is 1. The molecular weight excluding hydrogens is 223 g/mol. The molecule has 2 N–H and O–H groups in total. The molecule has 3 nitrogen and oxygen atoms in total. The monoisotopic (exact) mass is 242 g/mol. The van der Waals surface area contributed by atoms with Gasteiger partial charge < -0.3 is 10.5 Å². The van der Waals surface area contributed by atoms with Crippen molar-refractivity contribution in [2.75, 3.05) is 32.8 Å². The molecule has 0 aromatic rings. The largest absolute Gasteiger partial charge is 0.379 e. The fourth-order valence-corrected chi connectivity index (χ4v) is 2.27. The van der Waals surface area contributed by atoms with Crippen LogP contribution in [0.3, 0.4) is 0 Å². The van der Waals surface area contributed by atoms with Crippen molar-refractivity contribution in [2.45, 2.75) is 24.8 Å². The molecule has 0 aromatic heterocycles. The first kappa shape index (κ1) is 14.5. The summed E-state index contributed by atoms with van der Waals surface area (Å²) in [6.07, 6.45) is 3.95. The van der Waals surface area contributed by atoms with Gasteiger partial charge in [0.05, 0.1) is 13.2 Å². The van der Waals surface area contributed by atoms with Gasteiger partial charge in [0.1, 0.15) is 0 Å². The Hall–Kier alpha value is 0.460. The first-order valence-corrected chi connectivity index (χ1v) is 4.90. The molecule has 5 heteroatoms. The minimum absolute atomic E-state index is 0. The van der Waals surface area contributed by atoms with Gasteiger partial charge in [-0.05, 0) is 19.3 Å². The van der Waals surface area contributed by atoms with Gasteiger partial charge in [-0.3, -0.25) is 4.90 Å². The van der Waals surface area contributed by atoms with Crippen molar-refractivity contribution in [3.63, 3.8) is 0 Å². The van der Waals surface area contributed by atoms with Crippen LogP contribution in [0.4, 0.5) is 0 Å². The summed E-state index contributed by atoms with van der Waals surface area (Å²) >= 11 is 0. The Morgan fingerprint density at radius 3 is 2.07 bits per heavy atom. The van der Waals surface area contributed by atoms with E-state index in [1.807, 2.05) is 0 Å². The third-order valence-electron chi connectivity index (χ3n) is 3.35. The summed E-state index contributed by atoms with van der Waals surface area (Å²) in [6, 6.07) is 0. The molecule has 0 atom stereocenters. The first-order chi connectivity index (χ1) is 5.87. The second kappa shape index (κ2) is 6.13. The Balaban J connectivity index is 0.000000845. The van der Waals surface area contributed by atoms with E-state index in [0.717, 1.165) is 32.8 Å². The number of rotatable bonds is 2. The summed E-state index contributed by atoms with van der Waals surface area (Å²) in [5.74, 6) is 0. The summed E-state index contributed by atoms with van der Waals surface area (Å²) in [5, 5.41) is 0. The Morgan fingerprint density at radius 1 is 1.14 bits per heavy atom. The van der Waals surface area contributed by atoms with Crippen molar-refractivity contribution < 1.29 is 4.74 Å². The number of morpholine rings is 1. The maximum atomic E-state index is 5.82. The molecule has 1 saturated carbocycles. The number of nitrogens with zero attached hydrogens (tertiary/aromatic N) is 1. The predicted octanol–water partition coefficient (Wildman–Crippen LogP) is 1.04. The maximum absolute atomic E-state index is 5.82. The minimum Gasteiger partial charge on any atom is -0.379 e. The van der Waals surface area contributed by atoms with Crippen molar-refractivity contribution in [1.82, 2.24) is 4.90 Å². The van der Waals surface area contributed by atoms with Gasteiger partial charge in [0.15, 0.2) is 0 Å². The lowest BCUT2D eigenvalue weighted by molar-refractivity contribution is -0.0512. The number of hydrogen-bond donors (Lipinski definition) is 1. The van der Waals surface area contributed by atoms with E-state index in [9.17, 15) is 0 Å². The first-order valence-electron chi connectivity index (χ1n) is 4.90. The van der Waals surface area contributed by atoms with Crippen molar-refractivity contribution >= 4 is 24.8 Å². The molecule has 14 heavy (non-hydrogen) atoms. The number of ether oxygens (including phenoxy) is 1. The van der Waals surface area contributed by atoms with Crippen LogP contribution < -0.4 is 5.73 Å². The second-order valence-corrected chi connectivity index (χ2v) is 3.88. The topological polar surface area (TPSA) is 38.5 Å². The highest BCUT2D eigenvalue weighted by Gasteiger charge is 2.41. The van der Waals surface area contributed by atoms with E-state index in [-0.39, 0.29) is 24.8 Å². The Bertz CT molecular complexity index is 153. The lowest BCUT2D eigenvalue weighted by atomic mass is 9.75. The molecule has 0 unspecified atom stereocenters. The smallest absolute Gasteiger partial charge is 0.0594 e. The number of hydrogen-bond acceptors (Lipinski definition) is 3. The zero-order valence-corrected chi connectivity index (χ0v) is 10.0. The lowest BCUT2D eigenvalue weighted by Gasteiger charge is -2.51. The van der Waals surface area contributed by atoms with E-state index in [1.165, 1.54) is 19.3 Å². The van der Waals surface area contributed by atoms with Crippen LogP contribution in [-0.4, -0.2) is 43.3 Å². The van der Waals surface area contributed by atoms with Crippen LogP contribution >= 0.6 is 24.8 Å². The third-order valence-corrected chi connectivity index (χ3v) is 3.35. The van der Waals surface area contributed by atoms with E-state index in [1.54, 1.807) is 0 Å². The normalized spacial score (nSPS) is 25.5. The van der Waals surface area contributed by atoms with Crippen LogP contribution in [0.25, 0.3) is 0 Å². The summed E-state index contributed by atoms with van der Waals surface area (Å²) in [5.41, 5.74) is 6.18. The van der Waals surface area contributed by atoms with E-state index in [2.05, 4.69) is 4.90 Å². The highest BCUT2D eigenvalue weighted by Crippen LogP contribution is 2.36. The van der Waals surface area contributed by atoms with Crippen LogP contribution in [0.5, 0.6) is 0 Å². The highest BCUT2D eigenvalue weighted by molar-refractivity contribution is 5.85. The van der Waals surface area contributed by atoms with Crippen LogP contribution in [0, 0.1) is 0 Å². The van der Waals surface area contributed by atoms with Gasteiger partial charge in [-0.2, -0.15) is 0 Å². The average Bonchev–Trinajstić information content (AvgIpc) is 2.05.